The van der Waals surface area contributed by atoms with Crippen LogP contribution in [0.3, 0.4) is 0 Å². The molecule has 0 unspecified atom stereocenters. The molecular weight excluding hydrogens is 329 g/mol. The fourth-order valence-electron chi connectivity index (χ4n) is 2.18. The quantitative estimate of drug-likeness (QED) is 0.710. The zero-order chi connectivity index (χ0) is 16.7. The molecule has 1 aliphatic rings. The van der Waals surface area contributed by atoms with Crippen LogP contribution in [0.25, 0.3) is 0 Å². The smallest absolute Gasteiger partial charge is 0.406 e. The van der Waals surface area contributed by atoms with Gasteiger partial charge >= 0.3 is 6.36 Å². The van der Waals surface area contributed by atoms with Crippen molar-refractivity contribution >= 4 is 11.8 Å². The molecule has 1 fully saturated rings. The van der Waals surface area contributed by atoms with Crippen LogP contribution in [-0.2, 0) is 4.74 Å². The van der Waals surface area contributed by atoms with Crippen molar-refractivity contribution in [2.45, 2.75) is 23.7 Å². The molecule has 2 rings (SSSR count). The normalized spacial score (nSPS) is 17.9. The number of ether oxygens (including phenoxy) is 2. The maximum absolute atomic E-state index is 12.1. The summed E-state index contributed by atoms with van der Waals surface area (Å²) in [6.07, 6.45) is -3.89. The summed E-state index contributed by atoms with van der Waals surface area (Å²) in [4.78, 5) is 3.13. The number of nitrogens with zero attached hydrogens (tertiary/aromatic N) is 1. The van der Waals surface area contributed by atoms with Gasteiger partial charge in [0.2, 0.25) is 0 Å². The average molecular weight is 349 g/mol. The molecule has 1 aromatic rings. The molecule has 0 amide bonds. The lowest BCUT2D eigenvalue weighted by Crippen LogP contribution is -2.38. The molecule has 8 heteroatoms. The highest BCUT2D eigenvalue weighted by molar-refractivity contribution is 7.99. The highest BCUT2D eigenvalue weighted by atomic mass is 32.2. The third-order valence-electron chi connectivity index (χ3n) is 3.41. The lowest BCUT2D eigenvalue weighted by atomic mass is 10.2. The first-order valence-corrected chi connectivity index (χ1v) is 8.41. The summed E-state index contributed by atoms with van der Waals surface area (Å²) in [7, 11) is 0. The van der Waals surface area contributed by atoms with E-state index in [1.165, 1.54) is 23.9 Å². The van der Waals surface area contributed by atoms with Crippen LogP contribution in [0.4, 0.5) is 13.2 Å². The Morgan fingerprint density at radius 3 is 2.48 bits per heavy atom. The lowest BCUT2D eigenvalue weighted by Gasteiger charge is -2.27. The van der Waals surface area contributed by atoms with Crippen LogP contribution < -0.4 is 10.5 Å². The summed E-state index contributed by atoms with van der Waals surface area (Å²) in [5.41, 5.74) is 8.05. The maximum Gasteiger partial charge on any atom is 0.573 e. The van der Waals surface area contributed by atoms with Crippen LogP contribution in [0.15, 0.2) is 29.2 Å². The summed E-state index contributed by atoms with van der Waals surface area (Å²) in [6, 6.07) is 5.56. The van der Waals surface area contributed by atoms with Crippen molar-refractivity contribution in [1.82, 2.24) is 10.6 Å². The number of rotatable bonds is 7. The Kier molecular flexibility index (Phi) is 7.01. The van der Waals surface area contributed by atoms with E-state index in [0.717, 1.165) is 44.2 Å². The molecule has 1 radical (unpaired) electrons. The topological polar surface area (TPSA) is 45.5 Å². The first-order chi connectivity index (χ1) is 10.9. The minimum atomic E-state index is -4.67. The van der Waals surface area contributed by atoms with Crippen molar-refractivity contribution in [1.29, 1.82) is 0 Å². The first kappa shape index (κ1) is 18.4. The van der Waals surface area contributed by atoms with Crippen molar-refractivity contribution in [2.24, 2.45) is 0 Å². The van der Waals surface area contributed by atoms with Crippen molar-refractivity contribution in [3.63, 3.8) is 0 Å². The molecule has 1 heterocycles. The van der Waals surface area contributed by atoms with Gasteiger partial charge in [-0.25, -0.2) is 0 Å². The number of hydrogen-bond donors (Lipinski definition) is 0. The van der Waals surface area contributed by atoms with Gasteiger partial charge in [-0.1, -0.05) is 0 Å². The van der Waals surface area contributed by atoms with Crippen molar-refractivity contribution in [3.8, 4) is 5.75 Å². The van der Waals surface area contributed by atoms with Crippen LogP contribution in [0.1, 0.15) is 6.42 Å². The van der Waals surface area contributed by atoms with Gasteiger partial charge in [0.25, 0.3) is 0 Å². The second kappa shape index (κ2) is 8.77. The number of halogens is 3. The van der Waals surface area contributed by atoms with Crippen LogP contribution >= 0.6 is 11.8 Å². The SMILES string of the molecule is [NH][C@H](CCN1CCOCC1)CSc1ccc(OC(F)(F)F)cc1. The van der Waals surface area contributed by atoms with E-state index in [9.17, 15) is 13.2 Å². The number of benzene rings is 1. The Hall–Kier alpha value is -0.960. The van der Waals surface area contributed by atoms with Crippen LogP contribution in [0, 0.1) is 0 Å². The second-order valence-corrected chi connectivity index (χ2v) is 6.36. The molecule has 0 aromatic heterocycles. The molecule has 1 N–H and O–H groups in total. The van der Waals surface area contributed by atoms with Crippen LogP contribution in [-0.4, -0.2) is 55.9 Å². The Morgan fingerprint density at radius 1 is 1.22 bits per heavy atom. The molecule has 1 saturated heterocycles. The minimum absolute atomic E-state index is 0.200. The van der Waals surface area contributed by atoms with Crippen LogP contribution in [0.5, 0.6) is 5.75 Å². The van der Waals surface area contributed by atoms with E-state index in [1.54, 1.807) is 12.1 Å². The number of nitrogens with one attached hydrogen (secondary N) is 1. The minimum Gasteiger partial charge on any atom is -0.406 e. The summed E-state index contributed by atoms with van der Waals surface area (Å²) >= 11 is 1.47. The standard InChI is InChI=1S/C15H20F3N2O2S/c16-15(17,18)22-13-1-3-14(4-2-13)23-11-12(19)5-6-20-7-9-21-10-8-20/h1-4,12,19H,5-11H2/t12-/m1/s1. The van der Waals surface area contributed by atoms with Crippen LogP contribution in [0.2, 0.25) is 0 Å². The van der Waals surface area contributed by atoms with Gasteiger partial charge in [-0.05, 0) is 37.2 Å². The fraction of sp³-hybridized carbons (Fsp3) is 0.600. The van der Waals surface area contributed by atoms with E-state index in [1.807, 2.05) is 0 Å². The van der Waals surface area contributed by atoms with Gasteiger partial charge in [0.1, 0.15) is 5.75 Å². The fourth-order valence-corrected chi connectivity index (χ4v) is 3.07. The Bertz CT molecular complexity index is 465. The van der Waals surface area contributed by atoms with Crippen molar-refractivity contribution in [3.05, 3.63) is 24.3 Å². The summed E-state index contributed by atoms with van der Waals surface area (Å²) in [5.74, 6) is 0.390. The average Bonchev–Trinajstić information content (AvgIpc) is 2.52. The van der Waals surface area contributed by atoms with Gasteiger partial charge in [-0.15, -0.1) is 24.9 Å². The molecular formula is C15H20F3N2O2S. The van der Waals surface area contributed by atoms with Crippen molar-refractivity contribution in [2.75, 3.05) is 38.6 Å². The molecule has 23 heavy (non-hydrogen) atoms. The Balaban J connectivity index is 1.68. The summed E-state index contributed by atoms with van der Waals surface area (Å²) in [6.45, 7) is 4.23. The molecule has 1 aliphatic heterocycles. The van der Waals surface area contributed by atoms with Gasteiger partial charge in [0.15, 0.2) is 0 Å². The highest BCUT2D eigenvalue weighted by Crippen LogP contribution is 2.26. The zero-order valence-corrected chi connectivity index (χ0v) is 13.5. The van der Waals surface area contributed by atoms with E-state index >= 15 is 0 Å². The molecule has 0 bridgehead atoms. The largest absolute Gasteiger partial charge is 0.573 e. The predicted octanol–water partition coefficient (Wildman–Crippen LogP) is 3.05. The van der Waals surface area contributed by atoms with E-state index in [-0.39, 0.29) is 11.8 Å². The van der Waals surface area contributed by atoms with Gasteiger partial charge in [0, 0.05) is 29.8 Å². The highest BCUT2D eigenvalue weighted by Gasteiger charge is 2.30. The number of thioether (sulfide) groups is 1. The number of morpholine rings is 1. The first-order valence-electron chi connectivity index (χ1n) is 7.42. The summed E-state index contributed by atoms with van der Waals surface area (Å²) in [5, 5.41) is 0. The third-order valence-corrected chi connectivity index (χ3v) is 4.58. The third kappa shape index (κ3) is 7.43. The molecule has 0 spiro atoms. The Morgan fingerprint density at radius 2 is 1.87 bits per heavy atom. The van der Waals surface area contributed by atoms with Crippen molar-refractivity contribution < 1.29 is 22.6 Å². The molecule has 129 valence electrons. The zero-order valence-electron chi connectivity index (χ0n) is 12.6. The predicted molar refractivity (Wildman–Crippen MR) is 82.6 cm³/mol. The number of alkyl halides is 3. The Labute approximate surface area is 138 Å². The second-order valence-electron chi connectivity index (χ2n) is 5.27. The number of hydrogen-bond acceptors (Lipinski definition) is 4. The monoisotopic (exact) mass is 349 g/mol. The summed E-state index contributed by atoms with van der Waals surface area (Å²) < 4.78 is 45.3. The van der Waals surface area contributed by atoms with Gasteiger partial charge < -0.3 is 9.47 Å². The molecule has 1 aromatic carbocycles. The molecule has 1 atom stereocenters. The van der Waals surface area contributed by atoms with E-state index < -0.39 is 6.36 Å². The lowest BCUT2D eigenvalue weighted by molar-refractivity contribution is -0.274. The maximum atomic E-state index is 12.1. The molecule has 0 saturated carbocycles. The molecule has 0 aliphatic carbocycles. The van der Waals surface area contributed by atoms with Gasteiger partial charge in [0.05, 0.1) is 13.2 Å². The van der Waals surface area contributed by atoms with E-state index in [2.05, 4.69) is 9.64 Å². The van der Waals surface area contributed by atoms with E-state index in [0.29, 0.717) is 5.75 Å². The molecule has 4 nitrogen and oxygen atoms in total. The van der Waals surface area contributed by atoms with E-state index in [4.69, 9.17) is 10.5 Å². The van der Waals surface area contributed by atoms with Gasteiger partial charge in [-0.2, -0.15) is 0 Å². The van der Waals surface area contributed by atoms with Gasteiger partial charge in [-0.3, -0.25) is 10.6 Å².